The third-order valence-electron chi connectivity index (χ3n) is 4.98. The summed E-state index contributed by atoms with van der Waals surface area (Å²) in [6, 6.07) is 8.68. The molecule has 21 heavy (non-hydrogen) atoms. The number of ether oxygens (including phenoxy) is 1. The molecule has 0 spiro atoms. The second kappa shape index (κ2) is 4.56. The molecule has 1 aliphatic carbocycles. The lowest BCUT2D eigenvalue weighted by molar-refractivity contribution is -0.0923. The van der Waals surface area contributed by atoms with Crippen molar-refractivity contribution in [3.63, 3.8) is 0 Å². The number of aromatic nitrogens is 3. The SMILES string of the molecule is CC1(C)C(Nc2ccccc2-n2cncn2)C2CCOC21. The molecule has 0 bridgehead atoms. The third-order valence-corrected chi connectivity index (χ3v) is 4.98. The fourth-order valence-corrected chi connectivity index (χ4v) is 3.91. The van der Waals surface area contributed by atoms with Gasteiger partial charge in [-0.25, -0.2) is 9.67 Å². The number of benzene rings is 1. The van der Waals surface area contributed by atoms with E-state index in [1.807, 2.05) is 6.07 Å². The molecule has 4 rings (SSSR count). The zero-order valence-corrected chi connectivity index (χ0v) is 12.4. The Morgan fingerprint density at radius 2 is 2.19 bits per heavy atom. The van der Waals surface area contributed by atoms with E-state index >= 15 is 0 Å². The van der Waals surface area contributed by atoms with Gasteiger partial charge in [-0.3, -0.25) is 0 Å². The van der Waals surface area contributed by atoms with Gasteiger partial charge in [0.05, 0.1) is 17.5 Å². The largest absolute Gasteiger partial charge is 0.380 e. The van der Waals surface area contributed by atoms with Crippen LogP contribution in [0.3, 0.4) is 0 Å². The maximum Gasteiger partial charge on any atom is 0.138 e. The molecule has 1 saturated carbocycles. The average Bonchev–Trinajstić information content (AvgIpc) is 3.15. The van der Waals surface area contributed by atoms with Crippen LogP contribution in [0, 0.1) is 11.3 Å². The van der Waals surface area contributed by atoms with Crippen molar-refractivity contribution in [2.24, 2.45) is 11.3 Å². The molecular weight excluding hydrogens is 264 g/mol. The van der Waals surface area contributed by atoms with Gasteiger partial charge >= 0.3 is 0 Å². The van der Waals surface area contributed by atoms with Crippen molar-refractivity contribution in [3.05, 3.63) is 36.9 Å². The molecule has 2 fully saturated rings. The standard InChI is InChI=1S/C16H20N4O/c1-16(2)14(11-7-8-21-15(11)16)19-12-5-3-4-6-13(12)20-10-17-9-18-20/h3-6,9-11,14-15,19H,7-8H2,1-2H3. The highest BCUT2D eigenvalue weighted by atomic mass is 16.5. The van der Waals surface area contributed by atoms with E-state index in [4.69, 9.17) is 4.74 Å². The van der Waals surface area contributed by atoms with Crippen molar-refractivity contribution in [1.82, 2.24) is 14.8 Å². The second-order valence-corrected chi connectivity index (χ2v) is 6.54. The number of nitrogens with one attached hydrogen (secondary N) is 1. The number of anilines is 1. The van der Waals surface area contributed by atoms with E-state index < -0.39 is 0 Å². The van der Waals surface area contributed by atoms with Crippen LogP contribution in [0.1, 0.15) is 20.3 Å². The first-order chi connectivity index (χ1) is 10.2. The van der Waals surface area contributed by atoms with Crippen LogP contribution < -0.4 is 5.32 Å². The Bertz CT molecular complexity index is 637. The number of para-hydroxylation sites is 2. The summed E-state index contributed by atoms with van der Waals surface area (Å²) < 4.78 is 7.67. The molecule has 0 radical (unpaired) electrons. The molecule has 5 heteroatoms. The van der Waals surface area contributed by atoms with Crippen LogP contribution in [0.5, 0.6) is 0 Å². The topological polar surface area (TPSA) is 52.0 Å². The van der Waals surface area contributed by atoms with Gasteiger partial charge < -0.3 is 10.1 Å². The second-order valence-electron chi connectivity index (χ2n) is 6.54. The summed E-state index contributed by atoms with van der Waals surface area (Å²) in [5, 5.41) is 7.97. The van der Waals surface area contributed by atoms with E-state index in [1.165, 1.54) is 0 Å². The van der Waals surface area contributed by atoms with Gasteiger partial charge in [-0.1, -0.05) is 26.0 Å². The Balaban J connectivity index is 1.64. The van der Waals surface area contributed by atoms with E-state index in [1.54, 1.807) is 17.3 Å². The summed E-state index contributed by atoms with van der Waals surface area (Å²) in [7, 11) is 0. The first-order valence-corrected chi connectivity index (χ1v) is 7.50. The number of hydrogen-bond acceptors (Lipinski definition) is 4. The quantitative estimate of drug-likeness (QED) is 0.941. The van der Waals surface area contributed by atoms with Crippen LogP contribution in [0.25, 0.3) is 5.69 Å². The van der Waals surface area contributed by atoms with Crippen molar-refractivity contribution in [1.29, 1.82) is 0 Å². The van der Waals surface area contributed by atoms with E-state index in [9.17, 15) is 0 Å². The normalized spacial score (nSPS) is 29.7. The molecule has 0 amide bonds. The van der Waals surface area contributed by atoms with Crippen molar-refractivity contribution >= 4 is 5.69 Å². The minimum atomic E-state index is 0.163. The molecule has 3 unspecified atom stereocenters. The summed E-state index contributed by atoms with van der Waals surface area (Å²) in [5.74, 6) is 0.615. The van der Waals surface area contributed by atoms with E-state index in [-0.39, 0.29) is 5.41 Å². The molecule has 2 aromatic rings. The predicted octanol–water partition coefficient (Wildman–Crippen LogP) is 2.49. The number of hydrogen-bond donors (Lipinski definition) is 1. The molecule has 2 heterocycles. The molecule has 3 atom stereocenters. The van der Waals surface area contributed by atoms with Crippen LogP contribution in [0.15, 0.2) is 36.9 Å². The summed E-state index contributed by atoms with van der Waals surface area (Å²) in [4.78, 5) is 4.04. The first kappa shape index (κ1) is 12.8. The first-order valence-electron chi connectivity index (χ1n) is 7.50. The molecule has 1 aromatic carbocycles. The predicted molar refractivity (Wildman–Crippen MR) is 80.4 cm³/mol. The summed E-state index contributed by atoms with van der Waals surface area (Å²) in [5.41, 5.74) is 2.30. The van der Waals surface area contributed by atoms with Gasteiger partial charge in [-0.2, -0.15) is 5.10 Å². The summed E-state index contributed by atoms with van der Waals surface area (Å²) >= 11 is 0. The lowest BCUT2D eigenvalue weighted by atomic mass is 9.57. The molecule has 1 N–H and O–H groups in total. The van der Waals surface area contributed by atoms with Crippen LogP contribution in [-0.4, -0.2) is 33.5 Å². The van der Waals surface area contributed by atoms with Crippen LogP contribution in [0.2, 0.25) is 0 Å². The molecule has 5 nitrogen and oxygen atoms in total. The maximum atomic E-state index is 5.87. The van der Waals surface area contributed by atoms with Crippen molar-refractivity contribution in [2.45, 2.75) is 32.4 Å². The van der Waals surface area contributed by atoms with Crippen molar-refractivity contribution in [2.75, 3.05) is 11.9 Å². The lowest BCUT2D eigenvalue weighted by Gasteiger charge is -2.55. The summed E-state index contributed by atoms with van der Waals surface area (Å²) in [6.45, 7) is 5.46. The zero-order chi connectivity index (χ0) is 14.4. The molecular formula is C16H20N4O. The van der Waals surface area contributed by atoms with Crippen LogP contribution >= 0.6 is 0 Å². The van der Waals surface area contributed by atoms with Gasteiger partial charge in [0.15, 0.2) is 0 Å². The van der Waals surface area contributed by atoms with Gasteiger partial charge in [0.1, 0.15) is 12.7 Å². The molecule has 1 aliphatic heterocycles. The van der Waals surface area contributed by atoms with E-state index in [0.29, 0.717) is 18.1 Å². The Morgan fingerprint density at radius 3 is 3.00 bits per heavy atom. The smallest absolute Gasteiger partial charge is 0.138 e. The monoisotopic (exact) mass is 284 g/mol. The van der Waals surface area contributed by atoms with Crippen molar-refractivity contribution < 1.29 is 4.74 Å². The highest BCUT2D eigenvalue weighted by molar-refractivity contribution is 5.61. The minimum absolute atomic E-state index is 0.163. The zero-order valence-electron chi connectivity index (χ0n) is 12.4. The van der Waals surface area contributed by atoms with Gasteiger partial charge in [-0.15, -0.1) is 0 Å². The minimum Gasteiger partial charge on any atom is -0.380 e. The van der Waals surface area contributed by atoms with Gasteiger partial charge in [0, 0.05) is 24.0 Å². The average molecular weight is 284 g/mol. The number of nitrogens with zero attached hydrogens (tertiary/aromatic N) is 3. The molecule has 2 aliphatic rings. The Hall–Kier alpha value is -1.88. The Labute approximate surface area is 124 Å². The Kier molecular flexibility index (Phi) is 2.79. The molecule has 1 saturated heterocycles. The van der Waals surface area contributed by atoms with Gasteiger partial charge in [0.25, 0.3) is 0 Å². The molecule has 110 valence electrons. The highest BCUT2D eigenvalue weighted by Crippen LogP contribution is 2.53. The summed E-state index contributed by atoms with van der Waals surface area (Å²) in [6.07, 6.45) is 4.84. The van der Waals surface area contributed by atoms with Crippen LogP contribution in [-0.2, 0) is 4.74 Å². The van der Waals surface area contributed by atoms with E-state index in [0.717, 1.165) is 24.4 Å². The highest BCUT2D eigenvalue weighted by Gasteiger charge is 2.59. The third kappa shape index (κ3) is 1.87. The van der Waals surface area contributed by atoms with Crippen LogP contribution in [0.4, 0.5) is 5.69 Å². The van der Waals surface area contributed by atoms with E-state index in [2.05, 4.69) is 47.4 Å². The lowest BCUT2D eigenvalue weighted by Crippen LogP contribution is -2.63. The maximum absolute atomic E-state index is 5.87. The van der Waals surface area contributed by atoms with Crippen molar-refractivity contribution in [3.8, 4) is 5.69 Å². The molecule has 1 aromatic heterocycles. The fourth-order valence-electron chi connectivity index (χ4n) is 3.91. The Morgan fingerprint density at radius 1 is 1.33 bits per heavy atom. The number of fused-ring (bicyclic) bond motifs is 1. The fraction of sp³-hybridized carbons (Fsp3) is 0.500. The number of rotatable bonds is 3. The van der Waals surface area contributed by atoms with Gasteiger partial charge in [-0.05, 0) is 18.6 Å². The van der Waals surface area contributed by atoms with Gasteiger partial charge in [0.2, 0.25) is 0 Å².